The topological polar surface area (TPSA) is 92.2 Å². The van der Waals surface area contributed by atoms with Crippen LogP contribution in [0.25, 0.3) is 0 Å². The summed E-state index contributed by atoms with van der Waals surface area (Å²) in [7, 11) is -1.24. The molecule has 132 valence electrons. The van der Waals surface area contributed by atoms with Gasteiger partial charge in [-0.3, -0.25) is 4.79 Å². The van der Waals surface area contributed by atoms with Crippen molar-refractivity contribution in [3.05, 3.63) is 52.3 Å². The number of aromatic nitrogens is 2. The Labute approximate surface area is 180 Å². The summed E-state index contributed by atoms with van der Waals surface area (Å²) < 4.78 is 5.52. The summed E-state index contributed by atoms with van der Waals surface area (Å²) in [6.07, 6.45) is 1.43. The molecule has 0 atom stereocenters. The Hall–Kier alpha value is -1.25. The van der Waals surface area contributed by atoms with Crippen molar-refractivity contribution in [1.82, 2.24) is 9.97 Å². The van der Waals surface area contributed by atoms with Crippen LogP contribution in [0.1, 0.15) is 26.4 Å². The summed E-state index contributed by atoms with van der Waals surface area (Å²) in [6.45, 7) is 7.18. The van der Waals surface area contributed by atoms with Crippen molar-refractivity contribution in [3.63, 3.8) is 0 Å². The van der Waals surface area contributed by atoms with Crippen molar-refractivity contribution in [2.24, 2.45) is 0 Å². The van der Waals surface area contributed by atoms with E-state index in [1.54, 1.807) is 0 Å². The number of hydrogen-bond acceptors (Lipinski definition) is 6. The first-order valence-corrected chi connectivity index (χ1v) is 11.8. The summed E-state index contributed by atoms with van der Waals surface area (Å²) in [5.74, 6) is -1.89. The number of carbonyl (C=O) groups is 2. The standard InChI is InChI=1S/C17H19ClN2O4Si.Na/c1-25(2,3)9-8-24-17-19-7-6-14(20-17)15(21)11-4-5-13(18)12(10-11)16(22)23;/h4-7,10H,8-9H2,1-3H3,(H,22,23);/q;+1/p-1. The number of ether oxygens (including phenoxy) is 1. The molecule has 26 heavy (non-hydrogen) atoms. The minimum Gasteiger partial charge on any atom is -0.545 e. The van der Waals surface area contributed by atoms with Crippen molar-refractivity contribution < 1.29 is 49.0 Å². The molecule has 0 spiro atoms. The number of halogens is 1. The third-order valence-electron chi connectivity index (χ3n) is 3.40. The number of nitrogens with zero attached hydrogens (tertiary/aromatic N) is 2. The molecule has 9 heteroatoms. The Balaban J connectivity index is 0.00000338. The van der Waals surface area contributed by atoms with Gasteiger partial charge in [0.15, 0.2) is 0 Å². The maximum atomic E-state index is 12.5. The fourth-order valence-electron chi connectivity index (χ4n) is 1.96. The molecule has 6 nitrogen and oxygen atoms in total. The molecule has 0 saturated heterocycles. The van der Waals surface area contributed by atoms with Gasteiger partial charge in [0.05, 0.1) is 12.6 Å². The van der Waals surface area contributed by atoms with Crippen LogP contribution in [0.3, 0.4) is 0 Å². The van der Waals surface area contributed by atoms with Crippen LogP contribution in [0.4, 0.5) is 0 Å². The van der Waals surface area contributed by atoms with Crippen LogP contribution < -0.4 is 39.4 Å². The van der Waals surface area contributed by atoms with Crippen LogP contribution in [-0.2, 0) is 0 Å². The predicted molar refractivity (Wildman–Crippen MR) is 94.9 cm³/mol. The molecule has 1 aromatic carbocycles. The Kier molecular flexibility index (Phi) is 8.43. The molecule has 1 aromatic heterocycles. The van der Waals surface area contributed by atoms with E-state index in [0.29, 0.717) is 6.61 Å². The van der Waals surface area contributed by atoms with E-state index in [0.717, 1.165) is 6.04 Å². The number of benzene rings is 1. The minimum atomic E-state index is -1.45. The second-order valence-corrected chi connectivity index (χ2v) is 12.7. The second kappa shape index (κ2) is 9.62. The van der Waals surface area contributed by atoms with Gasteiger partial charge in [-0.15, -0.1) is 0 Å². The molecule has 0 amide bonds. The number of hydrogen-bond donors (Lipinski definition) is 0. The van der Waals surface area contributed by atoms with E-state index < -0.39 is 19.8 Å². The molecule has 0 unspecified atom stereocenters. The first-order valence-electron chi connectivity index (χ1n) is 7.69. The van der Waals surface area contributed by atoms with Crippen LogP contribution in [0, 0.1) is 0 Å². The molecular weight excluding hydrogens is 383 g/mol. The molecule has 2 rings (SSSR count). The van der Waals surface area contributed by atoms with Crippen molar-refractivity contribution in [2.45, 2.75) is 25.7 Å². The number of carboxylic acid groups (broad SMARTS) is 1. The van der Waals surface area contributed by atoms with Crippen molar-refractivity contribution in [2.75, 3.05) is 6.61 Å². The molecule has 0 bridgehead atoms. The van der Waals surface area contributed by atoms with E-state index in [2.05, 4.69) is 29.6 Å². The Morgan fingerprint density at radius 3 is 2.54 bits per heavy atom. The Morgan fingerprint density at radius 2 is 1.92 bits per heavy atom. The van der Waals surface area contributed by atoms with Gasteiger partial charge >= 0.3 is 35.6 Å². The van der Waals surface area contributed by atoms with Gasteiger partial charge in [0, 0.05) is 30.4 Å². The molecule has 0 radical (unpaired) electrons. The molecular formula is C17H18ClN2NaO4Si. The second-order valence-electron chi connectivity index (χ2n) is 6.69. The van der Waals surface area contributed by atoms with E-state index in [1.807, 2.05) is 0 Å². The number of carboxylic acids is 1. The van der Waals surface area contributed by atoms with Gasteiger partial charge in [0.1, 0.15) is 5.69 Å². The van der Waals surface area contributed by atoms with Crippen LogP contribution in [0.2, 0.25) is 30.7 Å². The van der Waals surface area contributed by atoms with E-state index in [4.69, 9.17) is 16.3 Å². The summed E-state index contributed by atoms with van der Waals surface area (Å²) in [4.78, 5) is 31.7. The largest absolute Gasteiger partial charge is 1.00 e. The van der Waals surface area contributed by atoms with Gasteiger partial charge in [0.25, 0.3) is 0 Å². The predicted octanol–water partition coefficient (Wildman–Crippen LogP) is -0.554. The summed E-state index contributed by atoms with van der Waals surface area (Å²) >= 11 is 5.79. The zero-order valence-electron chi connectivity index (χ0n) is 15.2. The van der Waals surface area contributed by atoms with Gasteiger partial charge in [-0.25, -0.2) is 4.98 Å². The molecule has 0 N–H and O–H groups in total. The van der Waals surface area contributed by atoms with Gasteiger partial charge < -0.3 is 14.6 Å². The van der Waals surface area contributed by atoms with Crippen molar-refractivity contribution in [3.8, 4) is 6.01 Å². The number of aromatic carboxylic acids is 1. The Bertz CT molecular complexity index is 812. The van der Waals surface area contributed by atoms with Gasteiger partial charge in [-0.1, -0.05) is 31.2 Å². The maximum absolute atomic E-state index is 12.5. The van der Waals surface area contributed by atoms with Gasteiger partial charge in [-0.05, 0) is 30.3 Å². The van der Waals surface area contributed by atoms with Crippen LogP contribution in [0.15, 0.2) is 30.5 Å². The number of rotatable bonds is 7. The molecule has 0 aliphatic heterocycles. The molecule has 2 aromatic rings. The maximum Gasteiger partial charge on any atom is 1.00 e. The monoisotopic (exact) mass is 400 g/mol. The molecule has 0 aliphatic carbocycles. The Morgan fingerprint density at radius 1 is 1.23 bits per heavy atom. The van der Waals surface area contributed by atoms with Crippen LogP contribution in [-0.4, -0.2) is 36.4 Å². The third kappa shape index (κ3) is 6.48. The third-order valence-corrected chi connectivity index (χ3v) is 5.43. The fraction of sp³-hybridized carbons (Fsp3) is 0.294. The smallest absolute Gasteiger partial charge is 0.545 e. The van der Waals surface area contributed by atoms with Gasteiger partial charge in [0.2, 0.25) is 5.78 Å². The first-order chi connectivity index (χ1) is 11.7. The molecule has 0 fully saturated rings. The summed E-state index contributed by atoms with van der Waals surface area (Å²) in [6, 6.07) is 6.46. The minimum absolute atomic E-state index is 0. The van der Waals surface area contributed by atoms with Crippen LogP contribution in [0.5, 0.6) is 6.01 Å². The normalized spacial score (nSPS) is 10.8. The van der Waals surface area contributed by atoms with Gasteiger partial charge in [-0.2, -0.15) is 4.98 Å². The first kappa shape index (κ1) is 22.8. The van der Waals surface area contributed by atoms with Crippen molar-refractivity contribution in [1.29, 1.82) is 0 Å². The summed E-state index contributed by atoms with van der Waals surface area (Å²) in [5.41, 5.74) is 0.0214. The van der Waals surface area contributed by atoms with E-state index in [9.17, 15) is 14.7 Å². The zero-order valence-corrected chi connectivity index (χ0v) is 19.0. The fourth-order valence-corrected chi connectivity index (χ4v) is 2.87. The van der Waals surface area contributed by atoms with Crippen molar-refractivity contribution >= 4 is 31.4 Å². The number of carbonyl (C=O) groups excluding carboxylic acids is 2. The molecule has 1 heterocycles. The van der Waals surface area contributed by atoms with E-state index >= 15 is 0 Å². The van der Waals surface area contributed by atoms with E-state index in [-0.39, 0.29) is 57.4 Å². The molecule has 0 saturated carbocycles. The zero-order chi connectivity index (χ0) is 18.6. The average molecular weight is 401 g/mol. The quantitative estimate of drug-likeness (QED) is 0.457. The number of ketones is 1. The average Bonchev–Trinajstić information content (AvgIpc) is 2.53. The SMILES string of the molecule is C[Si](C)(C)CCOc1nccc(C(=O)c2ccc(Cl)c(C(=O)[O-])c2)n1.[Na+]. The summed E-state index contributed by atoms with van der Waals surface area (Å²) in [5, 5.41) is 11.0. The molecule has 0 aliphatic rings. The van der Waals surface area contributed by atoms with E-state index in [1.165, 1.54) is 30.5 Å². The van der Waals surface area contributed by atoms with Crippen LogP contribution >= 0.6 is 11.6 Å².